The van der Waals surface area contributed by atoms with Crippen molar-refractivity contribution in [2.45, 2.75) is 80.4 Å². The van der Waals surface area contributed by atoms with Gasteiger partial charge in [0, 0.05) is 17.7 Å². The maximum absolute atomic E-state index is 12.5. The summed E-state index contributed by atoms with van der Waals surface area (Å²) >= 11 is 1.65. The standard InChI is InChI=1S/C23H32N2O5S/c1-23(2)20(22(27)28)25-13-18(21(25)31-23)24-19(26)11-10-16-8-9-17(30-16)12-14-4-6-15(29-3)7-5-14/h4-7,16-18,20-21H,8-13H2,1-3H3,(H,24,26)(H,27,28)/t16-,17+,18-,20+,21-/m1/s1. The van der Waals surface area contributed by atoms with Crippen LogP contribution in [-0.4, -0.2) is 69.9 Å². The van der Waals surface area contributed by atoms with Gasteiger partial charge in [0.1, 0.15) is 11.8 Å². The van der Waals surface area contributed by atoms with Crippen molar-refractivity contribution < 1.29 is 24.2 Å². The van der Waals surface area contributed by atoms with E-state index < -0.39 is 12.0 Å². The van der Waals surface area contributed by atoms with Crippen LogP contribution in [0.4, 0.5) is 0 Å². The molecule has 170 valence electrons. The molecule has 0 aromatic heterocycles. The summed E-state index contributed by atoms with van der Waals surface area (Å²) in [5, 5.41) is 12.7. The van der Waals surface area contributed by atoms with Crippen molar-refractivity contribution in [2.24, 2.45) is 0 Å². The molecule has 2 N–H and O–H groups in total. The number of nitrogens with zero attached hydrogens (tertiary/aromatic N) is 1. The van der Waals surface area contributed by atoms with Gasteiger partial charge < -0.3 is 19.9 Å². The van der Waals surface area contributed by atoms with Gasteiger partial charge in [0.05, 0.1) is 30.7 Å². The Labute approximate surface area is 187 Å². The number of rotatable bonds is 8. The van der Waals surface area contributed by atoms with Crippen LogP contribution in [-0.2, 0) is 20.7 Å². The number of ether oxygens (including phenoxy) is 2. The van der Waals surface area contributed by atoms with Crippen LogP contribution in [0, 0.1) is 0 Å². The Morgan fingerprint density at radius 2 is 1.97 bits per heavy atom. The van der Waals surface area contributed by atoms with E-state index in [-0.39, 0.29) is 34.3 Å². The van der Waals surface area contributed by atoms with E-state index in [1.54, 1.807) is 18.9 Å². The monoisotopic (exact) mass is 448 g/mol. The van der Waals surface area contributed by atoms with Crippen molar-refractivity contribution in [1.29, 1.82) is 0 Å². The molecule has 3 saturated heterocycles. The molecular formula is C23H32N2O5S. The smallest absolute Gasteiger partial charge is 0.322 e. The van der Waals surface area contributed by atoms with Crippen LogP contribution in [0.5, 0.6) is 5.75 Å². The van der Waals surface area contributed by atoms with Gasteiger partial charge in [0.15, 0.2) is 0 Å². The van der Waals surface area contributed by atoms with Crippen LogP contribution in [0.2, 0.25) is 0 Å². The number of aliphatic carboxylic acids is 1. The quantitative estimate of drug-likeness (QED) is 0.632. The molecule has 5 atom stereocenters. The van der Waals surface area contributed by atoms with E-state index in [2.05, 4.69) is 17.4 Å². The number of fused-ring (bicyclic) bond motifs is 1. The third kappa shape index (κ3) is 4.86. The molecule has 4 rings (SSSR count). The zero-order valence-electron chi connectivity index (χ0n) is 18.4. The van der Waals surface area contributed by atoms with Crippen molar-refractivity contribution in [3.63, 3.8) is 0 Å². The number of nitrogens with one attached hydrogen (secondary N) is 1. The maximum atomic E-state index is 12.5. The summed E-state index contributed by atoms with van der Waals surface area (Å²) in [5.74, 6) is 0.101. The van der Waals surface area contributed by atoms with Crippen LogP contribution in [0.25, 0.3) is 0 Å². The van der Waals surface area contributed by atoms with Gasteiger partial charge in [-0.15, -0.1) is 11.8 Å². The van der Waals surface area contributed by atoms with E-state index in [0.717, 1.165) is 31.4 Å². The fourth-order valence-electron chi connectivity index (χ4n) is 4.99. The fraction of sp³-hybridized carbons (Fsp3) is 0.652. The third-order valence-electron chi connectivity index (χ3n) is 6.58. The molecule has 31 heavy (non-hydrogen) atoms. The number of hydrogen-bond acceptors (Lipinski definition) is 6. The Morgan fingerprint density at radius 1 is 1.26 bits per heavy atom. The van der Waals surface area contributed by atoms with Crippen LogP contribution in [0.3, 0.4) is 0 Å². The van der Waals surface area contributed by atoms with E-state index in [1.165, 1.54) is 5.56 Å². The van der Waals surface area contributed by atoms with Crippen LogP contribution in [0.15, 0.2) is 24.3 Å². The second-order valence-electron chi connectivity index (χ2n) is 9.27. The Bertz CT molecular complexity index is 815. The highest BCUT2D eigenvalue weighted by Crippen LogP contribution is 2.50. The summed E-state index contributed by atoms with van der Waals surface area (Å²) in [6.45, 7) is 4.54. The number of hydrogen-bond donors (Lipinski definition) is 2. The molecule has 0 saturated carbocycles. The molecule has 0 radical (unpaired) electrons. The fourth-order valence-corrected chi connectivity index (χ4v) is 6.63. The third-order valence-corrected chi connectivity index (χ3v) is 8.26. The second-order valence-corrected chi connectivity index (χ2v) is 11.0. The molecule has 1 aromatic carbocycles. The predicted octanol–water partition coefficient (Wildman–Crippen LogP) is 2.67. The summed E-state index contributed by atoms with van der Waals surface area (Å²) in [7, 11) is 1.66. The van der Waals surface area contributed by atoms with Gasteiger partial charge in [-0.1, -0.05) is 12.1 Å². The Hall–Kier alpha value is -1.77. The highest BCUT2D eigenvalue weighted by atomic mass is 32.2. The first-order chi connectivity index (χ1) is 14.8. The Kier molecular flexibility index (Phi) is 6.51. The molecular weight excluding hydrogens is 416 g/mol. The van der Waals surface area contributed by atoms with E-state index >= 15 is 0 Å². The van der Waals surface area contributed by atoms with Crippen molar-refractivity contribution in [3.05, 3.63) is 29.8 Å². The Balaban J connectivity index is 1.18. The lowest BCUT2D eigenvalue weighted by molar-refractivity contribution is -0.146. The van der Waals surface area contributed by atoms with E-state index in [4.69, 9.17) is 9.47 Å². The molecule has 8 heteroatoms. The van der Waals surface area contributed by atoms with Gasteiger partial charge in [-0.3, -0.25) is 14.5 Å². The summed E-state index contributed by atoms with van der Waals surface area (Å²) in [6, 6.07) is 7.61. The van der Waals surface area contributed by atoms with Gasteiger partial charge in [-0.2, -0.15) is 0 Å². The first kappa shape index (κ1) is 22.4. The molecule has 3 aliphatic rings. The van der Waals surface area contributed by atoms with E-state index in [0.29, 0.717) is 13.0 Å². The molecule has 3 fully saturated rings. The summed E-state index contributed by atoms with van der Waals surface area (Å²) < 4.78 is 11.0. The molecule has 3 heterocycles. The van der Waals surface area contributed by atoms with Crippen molar-refractivity contribution in [1.82, 2.24) is 10.2 Å². The maximum Gasteiger partial charge on any atom is 0.322 e. The number of methoxy groups -OCH3 is 1. The first-order valence-electron chi connectivity index (χ1n) is 11.0. The highest BCUT2D eigenvalue weighted by Gasteiger charge is 2.59. The average molecular weight is 449 g/mol. The van der Waals surface area contributed by atoms with E-state index in [1.807, 2.05) is 30.9 Å². The molecule has 0 spiro atoms. The largest absolute Gasteiger partial charge is 0.497 e. The van der Waals surface area contributed by atoms with Crippen LogP contribution >= 0.6 is 11.8 Å². The van der Waals surface area contributed by atoms with Gasteiger partial charge in [0.25, 0.3) is 0 Å². The van der Waals surface area contributed by atoms with Crippen LogP contribution < -0.4 is 10.1 Å². The lowest BCUT2D eigenvalue weighted by Gasteiger charge is -2.44. The number of benzene rings is 1. The lowest BCUT2D eigenvalue weighted by Crippen LogP contribution is -2.66. The minimum absolute atomic E-state index is 0.0217. The molecule has 3 aliphatic heterocycles. The van der Waals surface area contributed by atoms with Gasteiger partial charge in [-0.05, 0) is 57.2 Å². The van der Waals surface area contributed by atoms with Crippen molar-refractivity contribution in [3.8, 4) is 5.75 Å². The molecule has 0 aliphatic carbocycles. The number of carbonyl (C=O) groups excluding carboxylic acids is 1. The van der Waals surface area contributed by atoms with Gasteiger partial charge in [-0.25, -0.2) is 0 Å². The number of carboxylic acids is 1. The zero-order chi connectivity index (χ0) is 22.2. The molecule has 7 nitrogen and oxygen atoms in total. The van der Waals surface area contributed by atoms with Crippen molar-refractivity contribution >= 4 is 23.6 Å². The molecule has 0 bridgehead atoms. The molecule has 0 unspecified atom stereocenters. The molecule has 1 aromatic rings. The van der Waals surface area contributed by atoms with Crippen LogP contribution in [0.1, 0.15) is 45.1 Å². The average Bonchev–Trinajstić information content (AvgIpc) is 3.25. The highest BCUT2D eigenvalue weighted by molar-refractivity contribution is 8.01. The molecule has 1 amide bonds. The number of carbonyl (C=O) groups is 2. The van der Waals surface area contributed by atoms with Gasteiger partial charge in [0.2, 0.25) is 5.91 Å². The Morgan fingerprint density at radius 3 is 2.65 bits per heavy atom. The van der Waals surface area contributed by atoms with Gasteiger partial charge >= 0.3 is 5.97 Å². The first-order valence-corrected chi connectivity index (χ1v) is 11.9. The van der Waals surface area contributed by atoms with Crippen molar-refractivity contribution in [2.75, 3.05) is 13.7 Å². The lowest BCUT2D eigenvalue weighted by atomic mass is 9.96. The van der Waals surface area contributed by atoms with E-state index in [9.17, 15) is 14.7 Å². The predicted molar refractivity (Wildman–Crippen MR) is 119 cm³/mol. The second kappa shape index (κ2) is 9.00. The summed E-state index contributed by atoms with van der Waals surface area (Å²) in [4.78, 5) is 26.1. The number of amides is 1. The zero-order valence-corrected chi connectivity index (χ0v) is 19.2. The summed E-state index contributed by atoms with van der Waals surface area (Å²) in [6.07, 6.45) is 4.37. The number of thioether (sulfide) groups is 1. The topological polar surface area (TPSA) is 88.1 Å². The normalized spacial score (nSPS) is 31.6. The minimum Gasteiger partial charge on any atom is -0.497 e. The SMILES string of the molecule is COc1ccc(C[C@@H]2CC[C@H](CCC(=O)N[C@@H]3CN4[C@@H]3SC(C)(C)[C@@H]4C(=O)O)O2)cc1. The number of carboxylic acid groups (broad SMARTS) is 1. The summed E-state index contributed by atoms with van der Waals surface area (Å²) in [5.41, 5.74) is 1.23. The minimum atomic E-state index is -0.785.